The Balaban J connectivity index is 2.30. The third kappa shape index (κ3) is 2.79. The van der Waals surface area contributed by atoms with E-state index < -0.39 is 17.5 Å². The molecule has 0 fully saturated rings. The molecule has 0 amide bonds. The summed E-state index contributed by atoms with van der Waals surface area (Å²) in [4.78, 5) is 39.7. The topological polar surface area (TPSA) is 109 Å². The second-order valence-corrected chi connectivity index (χ2v) is 5.89. The van der Waals surface area contributed by atoms with Gasteiger partial charge in [0.05, 0.1) is 17.4 Å². The number of hydrogen-bond acceptors (Lipinski definition) is 5. The first kappa shape index (κ1) is 15.9. The van der Waals surface area contributed by atoms with Crippen LogP contribution in [0.15, 0.2) is 40.5 Å². The zero-order valence-corrected chi connectivity index (χ0v) is 13.1. The molecule has 2 heterocycles. The average molecular weight is 344 g/mol. The molecule has 3 rings (SSSR count). The van der Waals surface area contributed by atoms with Crippen molar-refractivity contribution >= 4 is 33.5 Å². The predicted molar refractivity (Wildman–Crippen MR) is 88.5 cm³/mol. The van der Waals surface area contributed by atoms with Crippen molar-refractivity contribution in [2.75, 3.05) is 0 Å². The lowest BCUT2D eigenvalue weighted by atomic mass is 10.2. The van der Waals surface area contributed by atoms with Crippen LogP contribution in [0.25, 0.3) is 21.6 Å². The Morgan fingerprint density at radius 2 is 1.88 bits per heavy atom. The molecule has 0 bridgehead atoms. The van der Waals surface area contributed by atoms with Gasteiger partial charge in [-0.25, -0.2) is 9.78 Å². The molecule has 0 aliphatic heterocycles. The maximum atomic E-state index is 12.8. The van der Waals surface area contributed by atoms with Gasteiger partial charge in [-0.2, -0.15) is 0 Å². The summed E-state index contributed by atoms with van der Waals surface area (Å²) >= 11 is 1.08. The van der Waals surface area contributed by atoms with Crippen molar-refractivity contribution in [1.82, 2.24) is 9.55 Å². The van der Waals surface area contributed by atoms with Gasteiger partial charge >= 0.3 is 11.9 Å². The zero-order valence-electron chi connectivity index (χ0n) is 12.3. The lowest BCUT2D eigenvalue weighted by molar-refractivity contribution is -0.137. The molecule has 0 saturated heterocycles. The van der Waals surface area contributed by atoms with Crippen LogP contribution >= 0.6 is 11.3 Å². The highest BCUT2D eigenvalue weighted by atomic mass is 32.1. The number of fused-ring (bicyclic) bond motifs is 1. The molecule has 2 aromatic heterocycles. The zero-order chi connectivity index (χ0) is 17.3. The van der Waals surface area contributed by atoms with E-state index >= 15 is 0 Å². The molecule has 0 spiro atoms. The summed E-state index contributed by atoms with van der Waals surface area (Å²) in [6.45, 7) is -0.0871. The van der Waals surface area contributed by atoms with Crippen LogP contribution in [-0.2, 0) is 11.3 Å². The fourth-order valence-corrected chi connectivity index (χ4v) is 3.31. The summed E-state index contributed by atoms with van der Waals surface area (Å²) in [5.41, 5.74) is 0.00195. The van der Waals surface area contributed by atoms with Gasteiger partial charge in [0.1, 0.15) is 10.7 Å². The van der Waals surface area contributed by atoms with Gasteiger partial charge in [0, 0.05) is 17.5 Å². The van der Waals surface area contributed by atoms with Crippen molar-refractivity contribution in [3.8, 4) is 11.4 Å². The smallest absolute Gasteiger partial charge is 0.337 e. The van der Waals surface area contributed by atoms with Crippen molar-refractivity contribution in [2.45, 2.75) is 13.0 Å². The molecule has 1 aromatic carbocycles. The van der Waals surface area contributed by atoms with Crippen LogP contribution in [0, 0.1) is 0 Å². The highest BCUT2D eigenvalue weighted by Gasteiger charge is 2.20. The summed E-state index contributed by atoms with van der Waals surface area (Å²) in [5.74, 6) is -1.93. The predicted octanol–water partition coefficient (Wildman–Crippen LogP) is 2.30. The van der Waals surface area contributed by atoms with Crippen molar-refractivity contribution < 1.29 is 19.8 Å². The summed E-state index contributed by atoms with van der Waals surface area (Å²) < 4.78 is 1.23. The van der Waals surface area contributed by atoms with Crippen LogP contribution in [0.5, 0.6) is 0 Å². The van der Waals surface area contributed by atoms with E-state index in [1.807, 2.05) is 6.07 Å². The Morgan fingerprint density at radius 3 is 2.50 bits per heavy atom. The number of carboxylic acids is 2. The van der Waals surface area contributed by atoms with E-state index in [0.717, 1.165) is 11.3 Å². The largest absolute Gasteiger partial charge is 0.481 e. The molecule has 0 aliphatic rings. The van der Waals surface area contributed by atoms with E-state index in [1.165, 1.54) is 9.95 Å². The summed E-state index contributed by atoms with van der Waals surface area (Å²) in [5, 5.41) is 19.5. The van der Waals surface area contributed by atoms with Crippen LogP contribution in [0.4, 0.5) is 0 Å². The quantitative estimate of drug-likeness (QED) is 0.735. The first-order valence-corrected chi connectivity index (χ1v) is 7.89. The third-order valence-electron chi connectivity index (χ3n) is 3.51. The van der Waals surface area contributed by atoms with Crippen LogP contribution in [0.1, 0.15) is 16.8 Å². The van der Waals surface area contributed by atoms with Crippen molar-refractivity contribution in [3.05, 3.63) is 51.6 Å². The number of aliphatic carboxylic acids is 1. The number of carboxylic acid groups (broad SMARTS) is 2. The molecule has 3 aromatic rings. The van der Waals surface area contributed by atoms with E-state index in [0.29, 0.717) is 16.2 Å². The van der Waals surface area contributed by atoms with E-state index in [2.05, 4.69) is 4.98 Å². The van der Waals surface area contributed by atoms with Gasteiger partial charge in [-0.1, -0.05) is 30.3 Å². The number of carbonyl (C=O) groups is 2. The molecule has 8 heteroatoms. The fourth-order valence-electron chi connectivity index (χ4n) is 2.40. The molecule has 0 atom stereocenters. The number of aromatic carboxylic acids is 1. The molecule has 24 heavy (non-hydrogen) atoms. The first-order chi connectivity index (χ1) is 11.5. The average Bonchev–Trinajstić information content (AvgIpc) is 2.99. The number of nitrogens with zero attached hydrogens (tertiary/aromatic N) is 2. The van der Waals surface area contributed by atoms with E-state index in [4.69, 9.17) is 5.11 Å². The van der Waals surface area contributed by atoms with Crippen LogP contribution < -0.4 is 5.56 Å². The van der Waals surface area contributed by atoms with Gasteiger partial charge < -0.3 is 10.2 Å². The standard InChI is InChI=1S/C16H12N2O5S/c19-11(20)6-7-18-13(9-4-2-1-3-5-9)17-14-12(15(18)21)10(8-24-14)16(22)23/h1-5,8H,6-7H2,(H,19,20)(H,22,23). The fraction of sp³-hybridized carbons (Fsp3) is 0.125. The van der Waals surface area contributed by atoms with E-state index in [-0.39, 0.29) is 23.9 Å². The van der Waals surface area contributed by atoms with Gasteiger partial charge in [-0.05, 0) is 0 Å². The number of rotatable bonds is 5. The van der Waals surface area contributed by atoms with Gasteiger partial charge in [0.25, 0.3) is 5.56 Å². The SMILES string of the molecule is O=C(O)CCn1c(-c2ccccc2)nc2scc(C(=O)O)c2c1=O. The Labute approximate surface area is 139 Å². The lowest BCUT2D eigenvalue weighted by Gasteiger charge is -2.11. The Kier molecular flexibility index (Phi) is 4.13. The van der Waals surface area contributed by atoms with Gasteiger partial charge in [-0.15, -0.1) is 11.3 Å². The van der Waals surface area contributed by atoms with E-state index in [1.54, 1.807) is 24.3 Å². The van der Waals surface area contributed by atoms with Crippen LogP contribution in [-0.4, -0.2) is 31.7 Å². The molecule has 0 aliphatic carbocycles. The van der Waals surface area contributed by atoms with Crippen molar-refractivity contribution in [2.24, 2.45) is 0 Å². The second kappa shape index (κ2) is 6.25. The van der Waals surface area contributed by atoms with Crippen LogP contribution in [0.2, 0.25) is 0 Å². The van der Waals surface area contributed by atoms with E-state index in [9.17, 15) is 19.5 Å². The normalized spacial score (nSPS) is 10.8. The van der Waals surface area contributed by atoms with Crippen molar-refractivity contribution in [3.63, 3.8) is 0 Å². The molecular formula is C16H12N2O5S. The Hall–Kier alpha value is -3.00. The molecule has 2 N–H and O–H groups in total. The van der Waals surface area contributed by atoms with Gasteiger partial charge in [-0.3, -0.25) is 14.2 Å². The Bertz CT molecular complexity index is 991. The Morgan fingerprint density at radius 1 is 1.17 bits per heavy atom. The molecule has 7 nitrogen and oxygen atoms in total. The molecule has 0 radical (unpaired) electrons. The third-order valence-corrected chi connectivity index (χ3v) is 4.38. The molecular weight excluding hydrogens is 332 g/mol. The lowest BCUT2D eigenvalue weighted by Crippen LogP contribution is -2.25. The highest BCUT2D eigenvalue weighted by Crippen LogP contribution is 2.25. The van der Waals surface area contributed by atoms with Gasteiger partial charge in [0.15, 0.2) is 0 Å². The minimum Gasteiger partial charge on any atom is -0.481 e. The highest BCUT2D eigenvalue weighted by molar-refractivity contribution is 7.17. The van der Waals surface area contributed by atoms with Crippen molar-refractivity contribution in [1.29, 1.82) is 0 Å². The van der Waals surface area contributed by atoms with Gasteiger partial charge in [0.2, 0.25) is 0 Å². The summed E-state index contributed by atoms with van der Waals surface area (Å²) in [7, 11) is 0. The molecule has 0 saturated carbocycles. The molecule has 0 unspecified atom stereocenters. The summed E-state index contributed by atoms with van der Waals surface area (Å²) in [6, 6.07) is 8.90. The number of hydrogen-bond donors (Lipinski definition) is 2. The minimum atomic E-state index is -1.21. The number of aromatic nitrogens is 2. The maximum absolute atomic E-state index is 12.8. The van der Waals surface area contributed by atoms with Crippen LogP contribution in [0.3, 0.4) is 0 Å². The first-order valence-electron chi connectivity index (χ1n) is 7.01. The summed E-state index contributed by atoms with van der Waals surface area (Å²) in [6.07, 6.45) is -0.264. The molecule has 122 valence electrons. The maximum Gasteiger partial charge on any atom is 0.337 e. The number of benzene rings is 1. The minimum absolute atomic E-state index is 0.0116. The monoisotopic (exact) mass is 344 g/mol. The number of thiophene rings is 1. The second-order valence-electron chi connectivity index (χ2n) is 5.04.